The van der Waals surface area contributed by atoms with Crippen molar-refractivity contribution in [2.75, 3.05) is 5.32 Å². The smallest absolute Gasteiger partial charge is 0.272 e. The van der Waals surface area contributed by atoms with Crippen LogP contribution >= 0.6 is 11.6 Å². The molecule has 152 valence electrons. The molecule has 0 radical (unpaired) electrons. The Bertz CT molecular complexity index is 1290. The summed E-state index contributed by atoms with van der Waals surface area (Å²) in [4.78, 5) is 24.7. The lowest BCUT2D eigenvalue weighted by Gasteiger charge is -2.14. The van der Waals surface area contributed by atoms with Crippen LogP contribution in [-0.4, -0.2) is 25.9 Å². The maximum atomic E-state index is 12.8. The van der Waals surface area contributed by atoms with Gasteiger partial charge in [-0.2, -0.15) is 10.2 Å². The highest BCUT2D eigenvalue weighted by Gasteiger charge is 2.19. The lowest BCUT2D eigenvalue weighted by Crippen LogP contribution is -2.19. The number of nitrogens with zero attached hydrogens (tertiary/aromatic N) is 3. The first-order valence-electron chi connectivity index (χ1n) is 9.54. The number of aromatic amines is 1. The van der Waals surface area contributed by atoms with Gasteiger partial charge in [-0.1, -0.05) is 55.8 Å². The first-order valence-corrected chi connectivity index (χ1v) is 9.92. The standard InChI is InChI=1S/C22H20ClN5O2/c1-13(2)21-18(12-24-28(21)19-10-6-5-9-16(19)23)25-20(29)11-17-14-7-3-4-8-15(14)22(30)27-26-17/h3-10,12-13H,11H2,1-2H3,(H,25,29)(H,27,30). The zero-order valence-corrected chi connectivity index (χ0v) is 17.3. The lowest BCUT2D eigenvalue weighted by atomic mass is 10.1. The summed E-state index contributed by atoms with van der Waals surface area (Å²) in [5, 5.41) is 15.6. The topological polar surface area (TPSA) is 92.7 Å². The Morgan fingerprint density at radius 1 is 1.13 bits per heavy atom. The minimum atomic E-state index is -0.280. The Morgan fingerprint density at radius 3 is 2.57 bits per heavy atom. The molecule has 0 unspecified atom stereocenters. The van der Waals surface area contributed by atoms with E-state index in [1.165, 1.54) is 0 Å². The first kappa shape index (κ1) is 19.8. The summed E-state index contributed by atoms with van der Waals surface area (Å²) in [7, 11) is 0. The Hall–Kier alpha value is -3.45. The van der Waals surface area contributed by atoms with Gasteiger partial charge in [0.1, 0.15) is 0 Å². The normalized spacial score (nSPS) is 11.2. The van der Waals surface area contributed by atoms with E-state index < -0.39 is 0 Å². The van der Waals surface area contributed by atoms with Crippen LogP contribution in [-0.2, 0) is 11.2 Å². The van der Waals surface area contributed by atoms with E-state index in [9.17, 15) is 9.59 Å². The maximum absolute atomic E-state index is 12.8. The molecular weight excluding hydrogens is 402 g/mol. The van der Waals surface area contributed by atoms with Crippen LogP contribution in [0.5, 0.6) is 0 Å². The number of fused-ring (bicyclic) bond motifs is 1. The number of para-hydroxylation sites is 1. The highest BCUT2D eigenvalue weighted by atomic mass is 35.5. The van der Waals surface area contributed by atoms with Crippen LogP contribution in [0.1, 0.15) is 31.2 Å². The number of H-pyrrole nitrogens is 1. The van der Waals surface area contributed by atoms with Crippen molar-refractivity contribution in [3.05, 3.63) is 81.5 Å². The van der Waals surface area contributed by atoms with Crippen molar-refractivity contribution in [1.82, 2.24) is 20.0 Å². The number of nitrogens with one attached hydrogen (secondary N) is 2. The number of halogens is 1. The van der Waals surface area contributed by atoms with Gasteiger partial charge in [-0.25, -0.2) is 9.78 Å². The molecule has 0 aliphatic heterocycles. The van der Waals surface area contributed by atoms with E-state index in [1.807, 2.05) is 38.1 Å². The van der Waals surface area contributed by atoms with Crippen LogP contribution in [0.3, 0.4) is 0 Å². The van der Waals surface area contributed by atoms with Crippen molar-refractivity contribution in [2.45, 2.75) is 26.2 Å². The van der Waals surface area contributed by atoms with Crippen molar-refractivity contribution in [2.24, 2.45) is 0 Å². The minimum Gasteiger partial charge on any atom is -0.323 e. The van der Waals surface area contributed by atoms with Crippen molar-refractivity contribution in [1.29, 1.82) is 0 Å². The van der Waals surface area contributed by atoms with Gasteiger partial charge in [0.2, 0.25) is 5.91 Å². The van der Waals surface area contributed by atoms with E-state index in [0.717, 1.165) is 11.4 Å². The molecule has 0 saturated heterocycles. The summed E-state index contributed by atoms with van der Waals surface area (Å²) in [6.07, 6.45) is 1.64. The van der Waals surface area contributed by atoms with Gasteiger partial charge in [-0.15, -0.1) is 0 Å². The Kier molecular flexibility index (Phi) is 5.37. The molecule has 2 aromatic carbocycles. The van der Waals surface area contributed by atoms with Crippen LogP contribution in [0.25, 0.3) is 16.5 Å². The number of rotatable bonds is 5. The Labute approximate surface area is 177 Å². The van der Waals surface area contributed by atoms with Gasteiger partial charge in [0.15, 0.2) is 0 Å². The second-order valence-electron chi connectivity index (χ2n) is 7.23. The number of hydrogen-bond acceptors (Lipinski definition) is 4. The first-order chi connectivity index (χ1) is 14.5. The van der Waals surface area contributed by atoms with Crippen LogP contribution in [0.2, 0.25) is 5.02 Å². The summed E-state index contributed by atoms with van der Waals surface area (Å²) >= 11 is 6.34. The third-order valence-corrected chi connectivity index (χ3v) is 5.13. The van der Waals surface area contributed by atoms with E-state index in [0.29, 0.717) is 27.2 Å². The van der Waals surface area contributed by atoms with Crippen molar-refractivity contribution in [3.63, 3.8) is 0 Å². The molecule has 0 fully saturated rings. The predicted molar refractivity (Wildman–Crippen MR) is 117 cm³/mol. The molecular formula is C22H20ClN5O2. The fraction of sp³-hybridized carbons (Fsp3) is 0.182. The van der Waals surface area contributed by atoms with E-state index in [2.05, 4.69) is 20.6 Å². The number of aromatic nitrogens is 4. The zero-order chi connectivity index (χ0) is 21.3. The van der Waals surface area contributed by atoms with Gasteiger partial charge >= 0.3 is 0 Å². The van der Waals surface area contributed by atoms with Gasteiger partial charge in [-0.05, 0) is 24.1 Å². The molecule has 8 heteroatoms. The Morgan fingerprint density at radius 2 is 1.83 bits per heavy atom. The predicted octanol–water partition coefficient (Wildman–Crippen LogP) is 4.07. The molecule has 1 amide bonds. The van der Waals surface area contributed by atoms with Crippen molar-refractivity contribution >= 4 is 34.0 Å². The molecule has 30 heavy (non-hydrogen) atoms. The van der Waals surface area contributed by atoms with Gasteiger partial charge in [-0.3, -0.25) is 9.59 Å². The summed E-state index contributed by atoms with van der Waals surface area (Å²) < 4.78 is 1.75. The molecule has 0 saturated carbocycles. The SMILES string of the molecule is CC(C)c1c(NC(=O)Cc2n[nH]c(=O)c3ccccc23)cnn1-c1ccccc1Cl. The largest absolute Gasteiger partial charge is 0.323 e. The number of benzene rings is 2. The molecule has 4 aromatic rings. The number of amides is 1. The van der Waals surface area contributed by atoms with Gasteiger partial charge in [0.25, 0.3) is 5.56 Å². The van der Waals surface area contributed by atoms with Gasteiger partial charge in [0, 0.05) is 5.39 Å². The van der Waals surface area contributed by atoms with Crippen LogP contribution in [0.4, 0.5) is 5.69 Å². The minimum absolute atomic E-state index is 0.0199. The van der Waals surface area contributed by atoms with E-state index in [1.54, 1.807) is 35.1 Å². The second kappa shape index (κ2) is 8.12. The molecule has 0 aliphatic rings. The monoisotopic (exact) mass is 421 g/mol. The summed E-state index contributed by atoms with van der Waals surface area (Å²) in [6, 6.07) is 14.5. The second-order valence-corrected chi connectivity index (χ2v) is 7.64. The fourth-order valence-electron chi connectivity index (χ4n) is 3.48. The van der Waals surface area contributed by atoms with Crippen LogP contribution < -0.4 is 10.9 Å². The number of hydrogen-bond donors (Lipinski definition) is 2. The molecule has 0 bridgehead atoms. The number of carbonyl (C=O) groups is 1. The average molecular weight is 422 g/mol. The molecule has 0 aliphatic carbocycles. The highest BCUT2D eigenvalue weighted by Crippen LogP contribution is 2.30. The summed E-state index contributed by atoms with van der Waals surface area (Å²) in [5.41, 5.74) is 2.43. The average Bonchev–Trinajstić information content (AvgIpc) is 3.14. The van der Waals surface area contributed by atoms with Gasteiger partial charge in [0.05, 0.1) is 45.8 Å². The Balaban J connectivity index is 1.64. The van der Waals surface area contributed by atoms with Crippen LogP contribution in [0.15, 0.2) is 59.5 Å². The number of anilines is 1. The zero-order valence-electron chi connectivity index (χ0n) is 16.5. The molecule has 2 aromatic heterocycles. The third kappa shape index (κ3) is 3.71. The van der Waals surface area contributed by atoms with E-state index in [-0.39, 0.29) is 23.8 Å². The molecule has 0 spiro atoms. The fourth-order valence-corrected chi connectivity index (χ4v) is 3.69. The molecule has 4 rings (SSSR count). The lowest BCUT2D eigenvalue weighted by molar-refractivity contribution is -0.115. The summed E-state index contributed by atoms with van der Waals surface area (Å²) in [6.45, 7) is 4.05. The molecule has 0 atom stereocenters. The van der Waals surface area contributed by atoms with Gasteiger partial charge < -0.3 is 5.32 Å². The highest BCUT2D eigenvalue weighted by molar-refractivity contribution is 6.32. The third-order valence-electron chi connectivity index (χ3n) is 4.81. The quantitative estimate of drug-likeness (QED) is 0.508. The van der Waals surface area contributed by atoms with Crippen molar-refractivity contribution < 1.29 is 4.79 Å². The molecule has 7 nitrogen and oxygen atoms in total. The van der Waals surface area contributed by atoms with Crippen molar-refractivity contribution in [3.8, 4) is 5.69 Å². The summed E-state index contributed by atoms with van der Waals surface area (Å²) in [5.74, 6) is -0.161. The molecule has 2 heterocycles. The van der Waals surface area contributed by atoms with E-state index >= 15 is 0 Å². The molecule has 2 N–H and O–H groups in total. The number of carbonyl (C=O) groups excluding carboxylic acids is 1. The van der Waals surface area contributed by atoms with E-state index in [4.69, 9.17) is 11.6 Å². The maximum Gasteiger partial charge on any atom is 0.272 e. The van der Waals surface area contributed by atoms with Crippen LogP contribution in [0, 0.1) is 0 Å².